The fourth-order valence-electron chi connectivity index (χ4n) is 1.30. The van der Waals surface area contributed by atoms with E-state index in [1.54, 1.807) is 6.07 Å². The molecule has 0 unspecified atom stereocenters. The fraction of sp³-hybridized carbons (Fsp3) is 0.545. The highest BCUT2D eigenvalue weighted by Crippen LogP contribution is 2.19. The molecule has 1 aromatic rings. The molecule has 1 rings (SSSR count). The molecular formula is C11H15ClO2. The maximum absolute atomic E-state index is 11.6. The van der Waals surface area contributed by atoms with Crippen LogP contribution in [0.25, 0.3) is 0 Å². The molecule has 2 nitrogen and oxygen atoms in total. The minimum atomic E-state index is 0.0735. The van der Waals surface area contributed by atoms with Crippen LogP contribution in [0.2, 0.25) is 5.22 Å². The summed E-state index contributed by atoms with van der Waals surface area (Å²) in [4.78, 5) is 11.6. The van der Waals surface area contributed by atoms with Gasteiger partial charge in [-0.05, 0) is 30.0 Å². The predicted molar refractivity (Wildman–Crippen MR) is 56.7 cm³/mol. The first-order chi connectivity index (χ1) is 6.61. The Kier molecular flexibility index (Phi) is 4.21. The van der Waals surface area contributed by atoms with Crippen LogP contribution in [0.3, 0.4) is 0 Å². The van der Waals surface area contributed by atoms with E-state index in [1.165, 1.54) is 6.26 Å². The van der Waals surface area contributed by atoms with E-state index in [-0.39, 0.29) is 11.0 Å². The standard InChI is InChI=1S/C11H15ClO2/c1-8(2)4-3-5-10(13)9-6-7-14-11(9)12/h6-8H,3-5H2,1-2H3. The summed E-state index contributed by atoms with van der Waals surface area (Å²) in [6.45, 7) is 4.30. The lowest BCUT2D eigenvalue weighted by Crippen LogP contribution is -1.99. The fourth-order valence-corrected chi connectivity index (χ4v) is 1.52. The van der Waals surface area contributed by atoms with Crippen molar-refractivity contribution in [2.75, 3.05) is 0 Å². The second kappa shape index (κ2) is 5.20. The highest BCUT2D eigenvalue weighted by molar-refractivity contribution is 6.32. The Labute approximate surface area is 89.2 Å². The summed E-state index contributed by atoms with van der Waals surface area (Å²) >= 11 is 5.69. The third-order valence-electron chi connectivity index (χ3n) is 2.10. The average Bonchev–Trinajstić information content (AvgIpc) is 2.50. The van der Waals surface area contributed by atoms with Gasteiger partial charge in [-0.2, -0.15) is 0 Å². The highest BCUT2D eigenvalue weighted by atomic mass is 35.5. The number of carbonyl (C=O) groups excluding carboxylic acids is 1. The van der Waals surface area contributed by atoms with Crippen LogP contribution >= 0.6 is 11.6 Å². The summed E-state index contributed by atoms with van der Waals surface area (Å²) in [5.41, 5.74) is 0.510. The lowest BCUT2D eigenvalue weighted by molar-refractivity contribution is 0.0978. The van der Waals surface area contributed by atoms with E-state index in [4.69, 9.17) is 16.0 Å². The molecule has 0 spiro atoms. The Morgan fingerprint density at radius 3 is 2.79 bits per heavy atom. The molecule has 0 aliphatic rings. The highest BCUT2D eigenvalue weighted by Gasteiger charge is 2.12. The largest absolute Gasteiger partial charge is 0.452 e. The zero-order chi connectivity index (χ0) is 10.6. The van der Waals surface area contributed by atoms with E-state index in [0.29, 0.717) is 17.9 Å². The van der Waals surface area contributed by atoms with Crippen LogP contribution in [0.1, 0.15) is 43.5 Å². The van der Waals surface area contributed by atoms with Gasteiger partial charge in [0.15, 0.2) is 5.78 Å². The van der Waals surface area contributed by atoms with E-state index in [0.717, 1.165) is 12.8 Å². The van der Waals surface area contributed by atoms with Crippen molar-refractivity contribution in [1.29, 1.82) is 0 Å². The Morgan fingerprint density at radius 1 is 1.57 bits per heavy atom. The van der Waals surface area contributed by atoms with Crippen molar-refractivity contribution < 1.29 is 9.21 Å². The van der Waals surface area contributed by atoms with Crippen molar-refractivity contribution in [3.63, 3.8) is 0 Å². The molecule has 0 amide bonds. The zero-order valence-corrected chi connectivity index (χ0v) is 9.30. The van der Waals surface area contributed by atoms with Crippen molar-refractivity contribution in [3.8, 4) is 0 Å². The summed E-state index contributed by atoms with van der Waals surface area (Å²) in [5.74, 6) is 0.715. The van der Waals surface area contributed by atoms with E-state index >= 15 is 0 Å². The third kappa shape index (κ3) is 3.18. The summed E-state index contributed by atoms with van der Waals surface area (Å²) < 4.78 is 4.86. The van der Waals surface area contributed by atoms with Gasteiger partial charge in [-0.1, -0.05) is 20.3 Å². The number of furan rings is 1. The second-order valence-electron chi connectivity index (χ2n) is 3.82. The molecular weight excluding hydrogens is 200 g/mol. The molecule has 14 heavy (non-hydrogen) atoms. The first-order valence-electron chi connectivity index (χ1n) is 4.87. The monoisotopic (exact) mass is 214 g/mol. The van der Waals surface area contributed by atoms with Crippen LogP contribution < -0.4 is 0 Å². The van der Waals surface area contributed by atoms with Crippen molar-refractivity contribution in [2.24, 2.45) is 5.92 Å². The molecule has 0 radical (unpaired) electrons. The van der Waals surface area contributed by atoms with Gasteiger partial charge in [0, 0.05) is 6.42 Å². The normalized spacial score (nSPS) is 10.9. The number of halogens is 1. The van der Waals surface area contributed by atoms with E-state index < -0.39 is 0 Å². The van der Waals surface area contributed by atoms with Crippen LogP contribution in [0, 0.1) is 5.92 Å². The number of hydrogen-bond donors (Lipinski definition) is 0. The van der Waals surface area contributed by atoms with Gasteiger partial charge < -0.3 is 4.42 Å². The van der Waals surface area contributed by atoms with Gasteiger partial charge in [-0.25, -0.2) is 0 Å². The van der Waals surface area contributed by atoms with Crippen LogP contribution in [0.4, 0.5) is 0 Å². The van der Waals surface area contributed by atoms with Crippen LogP contribution in [-0.2, 0) is 0 Å². The molecule has 0 N–H and O–H groups in total. The first kappa shape index (κ1) is 11.3. The van der Waals surface area contributed by atoms with Gasteiger partial charge in [0.1, 0.15) is 0 Å². The molecule has 78 valence electrons. The van der Waals surface area contributed by atoms with E-state index in [9.17, 15) is 4.79 Å². The average molecular weight is 215 g/mol. The van der Waals surface area contributed by atoms with Crippen molar-refractivity contribution in [2.45, 2.75) is 33.1 Å². The summed E-state index contributed by atoms with van der Waals surface area (Å²) in [7, 11) is 0. The van der Waals surface area contributed by atoms with Gasteiger partial charge in [-0.15, -0.1) is 0 Å². The Morgan fingerprint density at radius 2 is 2.29 bits per heavy atom. The molecule has 0 fully saturated rings. The SMILES string of the molecule is CC(C)CCCC(=O)c1ccoc1Cl. The molecule has 0 aliphatic heterocycles. The van der Waals surface area contributed by atoms with Crippen molar-refractivity contribution >= 4 is 17.4 Å². The molecule has 0 saturated carbocycles. The van der Waals surface area contributed by atoms with E-state index in [1.807, 2.05) is 0 Å². The number of carbonyl (C=O) groups is 1. The van der Waals surface area contributed by atoms with Crippen molar-refractivity contribution in [1.82, 2.24) is 0 Å². The van der Waals surface area contributed by atoms with Crippen LogP contribution in [0.5, 0.6) is 0 Å². The molecule has 0 aliphatic carbocycles. The van der Waals surface area contributed by atoms with Gasteiger partial charge in [-0.3, -0.25) is 4.79 Å². The van der Waals surface area contributed by atoms with Crippen molar-refractivity contribution in [3.05, 3.63) is 23.1 Å². The molecule has 0 aromatic carbocycles. The topological polar surface area (TPSA) is 30.2 Å². The van der Waals surface area contributed by atoms with Crippen LogP contribution in [0.15, 0.2) is 16.7 Å². The Balaban J connectivity index is 2.40. The molecule has 1 aromatic heterocycles. The first-order valence-corrected chi connectivity index (χ1v) is 5.25. The predicted octanol–water partition coefficient (Wildman–Crippen LogP) is 3.94. The minimum Gasteiger partial charge on any atom is -0.452 e. The quantitative estimate of drug-likeness (QED) is 0.695. The maximum Gasteiger partial charge on any atom is 0.203 e. The zero-order valence-electron chi connectivity index (χ0n) is 8.55. The van der Waals surface area contributed by atoms with Crippen LogP contribution in [-0.4, -0.2) is 5.78 Å². The number of rotatable bonds is 5. The summed E-state index contributed by atoms with van der Waals surface area (Å²) in [6.07, 6.45) is 3.98. The number of Topliss-reactive ketones (excluding diaryl/α,β-unsaturated/α-hetero) is 1. The Bertz CT molecular complexity index is 302. The smallest absolute Gasteiger partial charge is 0.203 e. The molecule has 3 heteroatoms. The lowest BCUT2D eigenvalue weighted by Gasteiger charge is -2.02. The van der Waals surface area contributed by atoms with Gasteiger partial charge in [0.25, 0.3) is 0 Å². The number of hydrogen-bond acceptors (Lipinski definition) is 2. The van der Waals surface area contributed by atoms with E-state index in [2.05, 4.69) is 13.8 Å². The summed E-state index contributed by atoms with van der Waals surface area (Å²) in [6, 6.07) is 1.63. The lowest BCUT2D eigenvalue weighted by atomic mass is 10.0. The Hall–Kier alpha value is -0.760. The third-order valence-corrected chi connectivity index (χ3v) is 2.40. The van der Waals surface area contributed by atoms with Gasteiger partial charge in [0.05, 0.1) is 11.8 Å². The minimum absolute atomic E-state index is 0.0735. The van der Waals surface area contributed by atoms with Gasteiger partial charge >= 0.3 is 0 Å². The molecule has 0 atom stereocenters. The van der Waals surface area contributed by atoms with Gasteiger partial charge in [0.2, 0.25) is 5.22 Å². The summed E-state index contributed by atoms with van der Waals surface area (Å²) in [5, 5.41) is 0.208. The molecule has 1 heterocycles. The molecule has 0 saturated heterocycles. The molecule has 0 bridgehead atoms. The maximum atomic E-state index is 11.6. The second-order valence-corrected chi connectivity index (χ2v) is 4.16. The number of ketones is 1.